The molecule has 1 aromatic carbocycles. The van der Waals surface area contributed by atoms with Gasteiger partial charge in [0.1, 0.15) is 5.82 Å². The molecule has 1 aliphatic carbocycles. The molecule has 0 aliphatic heterocycles. The van der Waals surface area contributed by atoms with Gasteiger partial charge in [-0.15, -0.1) is 0 Å². The minimum Gasteiger partial charge on any atom is -0.389 e. The molecule has 3 heteroatoms. The van der Waals surface area contributed by atoms with Crippen LogP contribution in [-0.4, -0.2) is 18.2 Å². The third kappa shape index (κ3) is 1.92. The average molecular weight is 223 g/mol. The summed E-state index contributed by atoms with van der Waals surface area (Å²) in [6, 6.07) is 5.32. The molecule has 2 nitrogen and oxygen atoms in total. The summed E-state index contributed by atoms with van der Waals surface area (Å²) in [7, 11) is 1.91. The van der Waals surface area contributed by atoms with E-state index < -0.39 is 6.10 Å². The maximum atomic E-state index is 13.8. The second-order valence-electron chi connectivity index (χ2n) is 4.55. The largest absolute Gasteiger partial charge is 0.389 e. The van der Waals surface area contributed by atoms with Crippen molar-refractivity contribution in [1.82, 2.24) is 0 Å². The molecule has 0 amide bonds. The van der Waals surface area contributed by atoms with E-state index in [1.54, 1.807) is 19.1 Å². The van der Waals surface area contributed by atoms with Crippen LogP contribution in [0.25, 0.3) is 0 Å². The van der Waals surface area contributed by atoms with Crippen molar-refractivity contribution >= 4 is 5.69 Å². The van der Waals surface area contributed by atoms with Gasteiger partial charge in [-0.1, -0.05) is 12.1 Å². The van der Waals surface area contributed by atoms with Crippen molar-refractivity contribution in [2.45, 2.75) is 38.3 Å². The Hall–Kier alpha value is -1.09. The molecule has 2 rings (SSSR count). The SMILES string of the molecule is CC(O)c1cccc(F)c1N(C)C1CCC1. The molecule has 0 saturated heterocycles. The second-order valence-corrected chi connectivity index (χ2v) is 4.55. The summed E-state index contributed by atoms with van der Waals surface area (Å²) in [5.41, 5.74) is 1.23. The molecular weight excluding hydrogens is 205 g/mol. The first-order chi connectivity index (χ1) is 7.61. The lowest BCUT2D eigenvalue weighted by atomic mass is 9.90. The Bertz CT molecular complexity index is 374. The number of nitrogens with zero attached hydrogens (tertiary/aromatic N) is 1. The summed E-state index contributed by atoms with van der Waals surface area (Å²) in [4.78, 5) is 1.97. The molecule has 0 heterocycles. The standard InChI is InChI=1S/C13H18FNO/c1-9(16)11-7-4-8-12(14)13(11)15(2)10-5-3-6-10/h4,7-10,16H,3,5-6H2,1-2H3. The van der Waals surface area contributed by atoms with Gasteiger partial charge in [-0.3, -0.25) is 0 Å². The van der Waals surface area contributed by atoms with Gasteiger partial charge in [0.25, 0.3) is 0 Å². The summed E-state index contributed by atoms with van der Waals surface area (Å²) in [6.07, 6.45) is 2.81. The van der Waals surface area contributed by atoms with Gasteiger partial charge in [-0.2, -0.15) is 0 Å². The summed E-state index contributed by atoms with van der Waals surface area (Å²) in [5.74, 6) is -0.243. The topological polar surface area (TPSA) is 23.5 Å². The lowest BCUT2D eigenvalue weighted by molar-refractivity contribution is 0.199. The normalized spacial score (nSPS) is 18.0. The zero-order chi connectivity index (χ0) is 11.7. The third-order valence-corrected chi connectivity index (χ3v) is 3.44. The lowest BCUT2D eigenvalue weighted by Gasteiger charge is -2.37. The Morgan fingerprint density at radius 1 is 1.44 bits per heavy atom. The van der Waals surface area contributed by atoms with Crippen molar-refractivity contribution in [3.05, 3.63) is 29.6 Å². The number of aliphatic hydroxyl groups excluding tert-OH is 1. The zero-order valence-corrected chi connectivity index (χ0v) is 9.78. The molecule has 16 heavy (non-hydrogen) atoms. The maximum absolute atomic E-state index is 13.8. The van der Waals surface area contributed by atoms with Gasteiger partial charge >= 0.3 is 0 Å². The number of benzene rings is 1. The van der Waals surface area contributed by atoms with Crippen molar-refractivity contribution in [3.63, 3.8) is 0 Å². The van der Waals surface area contributed by atoms with Crippen LogP contribution in [-0.2, 0) is 0 Å². The summed E-state index contributed by atoms with van der Waals surface area (Å²) in [5, 5.41) is 9.66. The first-order valence-corrected chi connectivity index (χ1v) is 5.80. The number of aliphatic hydroxyl groups is 1. The van der Waals surface area contributed by atoms with Crippen LogP contribution in [0, 0.1) is 5.82 Å². The molecule has 1 saturated carbocycles. The molecule has 1 N–H and O–H groups in total. The zero-order valence-electron chi connectivity index (χ0n) is 9.78. The molecule has 1 aromatic rings. The van der Waals surface area contributed by atoms with Crippen molar-refractivity contribution in [3.8, 4) is 0 Å². The third-order valence-electron chi connectivity index (χ3n) is 3.44. The second kappa shape index (κ2) is 4.42. The number of hydrogen-bond acceptors (Lipinski definition) is 2. The van der Waals surface area contributed by atoms with Crippen LogP contribution >= 0.6 is 0 Å². The van der Waals surface area contributed by atoms with E-state index in [2.05, 4.69) is 0 Å². The number of anilines is 1. The van der Waals surface area contributed by atoms with Crippen LogP contribution in [0.2, 0.25) is 0 Å². The van der Waals surface area contributed by atoms with Crippen LogP contribution in [0.4, 0.5) is 10.1 Å². The molecule has 1 unspecified atom stereocenters. The van der Waals surface area contributed by atoms with Gasteiger partial charge in [0.05, 0.1) is 11.8 Å². The lowest BCUT2D eigenvalue weighted by Crippen LogP contribution is -2.38. The van der Waals surface area contributed by atoms with Gasteiger partial charge in [0.15, 0.2) is 0 Å². The fraction of sp³-hybridized carbons (Fsp3) is 0.538. The maximum Gasteiger partial charge on any atom is 0.146 e. The van der Waals surface area contributed by atoms with E-state index in [4.69, 9.17) is 0 Å². The number of hydrogen-bond donors (Lipinski definition) is 1. The smallest absolute Gasteiger partial charge is 0.146 e. The molecule has 1 aliphatic rings. The van der Waals surface area contributed by atoms with Gasteiger partial charge in [-0.05, 0) is 32.3 Å². The summed E-state index contributed by atoms with van der Waals surface area (Å²) >= 11 is 0. The quantitative estimate of drug-likeness (QED) is 0.851. The molecule has 88 valence electrons. The summed E-state index contributed by atoms with van der Waals surface area (Å²) < 4.78 is 13.8. The van der Waals surface area contributed by atoms with E-state index in [1.807, 2.05) is 11.9 Å². The minimum absolute atomic E-state index is 0.243. The van der Waals surface area contributed by atoms with Crippen LogP contribution < -0.4 is 4.90 Å². The molecule has 0 spiro atoms. The molecular formula is C13H18FNO. The minimum atomic E-state index is -0.631. The predicted molar refractivity (Wildman–Crippen MR) is 63.1 cm³/mol. The van der Waals surface area contributed by atoms with Crippen LogP contribution in [0.15, 0.2) is 18.2 Å². The Balaban J connectivity index is 2.36. The van der Waals surface area contributed by atoms with Crippen LogP contribution in [0.1, 0.15) is 37.9 Å². The fourth-order valence-corrected chi connectivity index (χ4v) is 2.20. The molecule has 0 bridgehead atoms. The van der Waals surface area contributed by atoms with E-state index in [-0.39, 0.29) is 5.82 Å². The Morgan fingerprint density at radius 3 is 2.62 bits per heavy atom. The van der Waals surface area contributed by atoms with Crippen molar-refractivity contribution in [2.24, 2.45) is 0 Å². The van der Waals surface area contributed by atoms with Crippen molar-refractivity contribution < 1.29 is 9.50 Å². The van der Waals surface area contributed by atoms with Gasteiger partial charge in [0.2, 0.25) is 0 Å². The Morgan fingerprint density at radius 2 is 2.12 bits per heavy atom. The van der Waals surface area contributed by atoms with E-state index >= 15 is 0 Å². The van der Waals surface area contributed by atoms with Crippen molar-refractivity contribution in [1.29, 1.82) is 0 Å². The first-order valence-electron chi connectivity index (χ1n) is 5.80. The monoisotopic (exact) mass is 223 g/mol. The van der Waals surface area contributed by atoms with Crippen LogP contribution in [0.5, 0.6) is 0 Å². The average Bonchev–Trinajstić information content (AvgIpc) is 2.14. The molecule has 1 atom stereocenters. The number of rotatable bonds is 3. The molecule has 0 radical (unpaired) electrons. The number of para-hydroxylation sites is 1. The fourth-order valence-electron chi connectivity index (χ4n) is 2.20. The highest BCUT2D eigenvalue weighted by molar-refractivity contribution is 5.56. The van der Waals surface area contributed by atoms with Gasteiger partial charge in [0, 0.05) is 18.7 Å². The number of halogens is 1. The Kier molecular flexibility index (Phi) is 3.15. The highest BCUT2D eigenvalue weighted by Gasteiger charge is 2.26. The Labute approximate surface area is 95.7 Å². The first kappa shape index (κ1) is 11.4. The predicted octanol–water partition coefficient (Wildman–Crippen LogP) is 2.87. The van der Waals surface area contributed by atoms with Gasteiger partial charge in [-0.25, -0.2) is 4.39 Å². The highest BCUT2D eigenvalue weighted by Crippen LogP contribution is 2.34. The van der Waals surface area contributed by atoms with E-state index in [0.29, 0.717) is 17.3 Å². The van der Waals surface area contributed by atoms with E-state index in [1.165, 1.54) is 12.5 Å². The molecule has 1 fully saturated rings. The van der Waals surface area contributed by atoms with E-state index in [0.717, 1.165) is 12.8 Å². The highest BCUT2D eigenvalue weighted by atomic mass is 19.1. The van der Waals surface area contributed by atoms with Crippen LogP contribution in [0.3, 0.4) is 0 Å². The van der Waals surface area contributed by atoms with Crippen molar-refractivity contribution in [2.75, 3.05) is 11.9 Å². The van der Waals surface area contributed by atoms with E-state index in [9.17, 15) is 9.50 Å². The summed E-state index contributed by atoms with van der Waals surface area (Å²) in [6.45, 7) is 1.67. The van der Waals surface area contributed by atoms with Gasteiger partial charge < -0.3 is 10.0 Å². The molecule has 0 aromatic heterocycles.